The molecular formula is C11H16I2Te. The molecule has 0 aliphatic rings. The minimum atomic E-state index is -1.72. The Labute approximate surface area is 111 Å². The first-order valence-corrected chi connectivity index (χ1v) is 21.2. The number of rotatable bonds is 4. The first-order valence-electron chi connectivity index (χ1n) is 4.83. The summed E-state index contributed by atoms with van der Waals surface area (Å²) in [7, 11) is -1.72. The van der Waals surface area contributed by atoms with Crippen LogP contribution in [0.1, 0.15) is 25.3 Å². The van der Waals surface area contributed by atoms with Crippen molar-refractivity contribution >= 4 is 51.3 Å². The molecule has 0 bridgehead atoms. The van der Waals surface area contributed by atoms with Gasteiger partial charge in [-0.3, -0.25) is 0 Å². The topological polar surface area (TPSA) is 0 Å². The molecule has 0 nitrogen and oxygen atoms in total. The summed E-state index contributed by atoms with van der Waals surface area (Å²) in [6.45, 7) is 4.44. The van der Waals surface area contributed by atoms with Crippen LogP contribution in [-0.4, -0.2) is 10.3 Å². The molecule has 0 amide bonds. The standard InChI is InChI=1S/C11H16I2Te/c1-3-4-9-14(12,13)11-7-5-10(2)6-8-11/h5-8H,3-4,9H2,1-2H3. The summed E-state index contributed by atoms with van der Waals surface area (Å²) in [5.74, 6) is 0. The van der Waals surface area contributed by atoms with E-state index < -0.39 is 10.3 Å². The first kappa shape index (κ1) is 13.5. The van der Waals surface area contributed by atoms with Crippen molar-refractivity contribution in [3.05, 3.63) is 29.8 Å². The molecule has 0 saturated carbocycles. The number of unbranched alkanes of at least 4 members (excludes halogenated alkanes) is 1. The van der Waals surface area contributed by atoms with Crippen molar-refractivity contribution in [2.24, 2.45) is 0 Å². The van der Waals surface area contributed by atoms with E-state index in [4.69, 9.17) is 0 Å². The second-order valence-corrected chi connectivity index (χ2v) is 40.7. The molecule has 0 aromatic heterocycles. The van der Waals surface area contributed by atoms with E-state index in [0.717, 1.165) is 0 Å². The molecule has 0 atom stereocenters. The molecular weight excluding hydrogens is 514 g/mol. The molecule has 3 heteroatoms. The molecule has 0 aliphatic carbocycles. The fourth-order valence-electron chi connectivity index (χ4n) is 1.18. The molecule has 1 rings (SSSR count). The monoisotopic (exact) mass is 532 g/mol. The molecule has 0 fully saturated rings. The molecule has 0 saturated heterocycles. The Hall–Kier alpha value is 1.47. The van der Waals surface area contributed by atoms with Crippen molar-refractivity contribution in [1.82, 2.24) is 0 Å². The normalized spacial score (nSPS) is 12.9. The average Bonchev–Trinajstić information content (AvgIpc) is 2.16. The minimum absolute atomic E-state index is 1.32. The Morgan fingerprint density at radius 1 is 1.14 bits per heavy atom. The van der Waals surface area contributed by atoms with Gasteiger partial charge in [-0.05, 0) is 0 Å². The number of halogens is 2. The van der Waals surface area contributed by atoms with Gasteiger partial charge in [0, 0.05) is 0 Å². The zero-order chi connectivity index (χ0) is 10.6. The van der Waals surface area contributed by atoms with Crippen molar-refractivity contribution in [3.63, 3.8) is 0 Å². The molecule has 80 valence electrons. The maximum absolute atomic E-state index is 2.75. The summed E-state index contributed by atoms with van der Waals surface area (Å²) >= 11 is 5.51. The van der Waals surface area contributed by atoms with Crippen LogP contribution >= 0.6 is 37.4 Å². The van der Waals surface area contributed by atoms with Crippen molar-refractivity contribution in [2.45, 2.75) is 31.2 Å². The van der Waals surface area contributed by atoms with Gasteiger partial charge in [0.1, 0.15) is 0 Å². The first-order chi connectivity index (χ1) is 6.56. The third kappa shape index (κ3) is 4.15. The van der Waals surface area contributed by atoms with Crippen LogP contribution in [0.15, 0.2) is 24.3 Å². The van der Waals surface area contributed by atoms with Crippen LogP contribution < -0.4 is 3.61 Å². The SMILES string of the molecule is CCCC[Te](I)(I)c1ccc(C)cc1. The van der Waals surface area contributed by atoms with Gasteiger partial charge in [0.15, 0.2) is 0 Å². The second-order valence-electron chi connectivity index (χ2n) is 3.45. The number of hydrogen-bond acceptors (Lipinski definition) is 0. The Morgan fingerprint density at radius 2 is 1.71 bits per heavy atom. The summed E-state index contributed by atoms with van der Waals surface area (Å²) < 4.78 is 3.08. The van der Waals surface area contributed by atoms with Gasteiger partial charge in [0.05, 0.1) is 0 Å². The quantitative estimate of drug-likeness (QED) is 0.403. The Bertz CT molecular complexity index is 280. The molecule has 0 heterocycles. The van der Waals surface area contributed by atoms with Crippen molar-refractivity contribution in [2.75, 3.05) is 0 Å². The van der Waals surface area contributed by atoms with Gasteiger partial charge in [-0.25, -0.2) is 0 Å². The van der Waals surface area contributed by atoms with Gasteiger partial charge in [0.25, 0.3) is 0 Å². The van der Waals surface area contributed by atoms with Gasteiger partial charge in [0.2, 0.25) is 0 Å². The van der Waals surface area contributed by atoms with Crippen LogP contribution in [0.5, 0.6) is 0 Å². The summed E-state index contributed by atoms with van der Waals surface area (Å²) in [5, 5.41) is 0. The van der Waals surface area contributed by atoms with E-state index >= 15 is 0 Å². The van der Waals surface area contributed by atoms with Crippen LogP contribution in [0.3, 0.4) is 0 Å². The average molecular weight is 530 g/mol. The number of benzene rings is 1. The van der Waals surface area contributed by atoms with Crippen LogP contribution in [-0.2, 0) is 0 Å². The van der Waals surface area contributed by atoms with E-state index in [1.165, 1.54) is 22.9 Å². The van der Waals surface area contributed by atoms with E-state index in [1.807, 2.05) is 0 Å². The molecule has 0 radical (unpaired) electrons. The summed E-state index contributed by atoms with van der Waals surface area (Å²) in [6.07, 6.45) is 2.71. The van der Waals surface area contributed by atoms with E-state index in [9.17, 15) is 0 Å². The van der Waals surface area contributed by atoms with Gasteiger partial charge in [-0.15, -0.1) is 0 Å². The molecule has 14 heavy (non-hydrogen) atoms. The fraction of sp³-hybridized carbons (Fsp3) is 0.455. The van der Waals surface area contributed by atoms with E-state index in [2.05, 4.69) is 75.5 Å². The maximum atomic E-state index is 2.75. The molecule has 0 unspecified atom stereocenters. The third-order valence-corrected chi connectivity index (χ3v) is 19.9. The summed E-state index contributed by atoms with van der Waals surface area (Å²) in [6, 6.07) is 9.18. The third-order valence-electron chi connectivity index (χ3n) is 2.12. The predicted octanol–water partition coefficient (Wildman–Crippen LogP) is 4.31. The van der Waals surface area contributed by atoms with E-state index in [1.54, 1.807) is 3.61 Å². The van der Waals surface area contributed by atoms with Crippen LogP contribution in [0, 0.1) is 6.92 Å². The van der Waals surface area contributed by atoms with E-state index in [0.29, 0.717) is 0 Å². The molecule has 1 aromatic rings. The second kappa shape index (κ2) is 6.27. The Balaban J connectivity index is 2.75. The number of aryl methyl sites for hydroxylation is 1. The van der Waals surface area contributed by atoms with Crippen LogP contribution in [0.25, 0.3) is 0 Å². The van der Waals surface area contributed by atoms with Gasteiger partial charge < -0.3 is 0 Å². The molecule has 1 aromatic carbocycles. The molecule has 0 N–H and O–H groups in total. The summed E-state index contributed by atoms with van der Waals surface area (Å²) in [5.41, 5.74) is 1.37. The Kier molecular flexibility index (Phi) is 6.06. The van der Waals surface area contributed by atoms with Crippen LogP contribution in [0.2, 0.25) is 4.47 Å². The predicted molar refractivity (Wildman–Crippen MR) is 84.3 cm³/mol. The van der Waals surface area contributed by atoms with Crippen molar-refractivity contribution < 1.29 is 0 Å². The zero-order valence-corrected chi connectivity index (χ0v) is 15.2. The number of hydrogen-bond donors (Lipinski definition) is 0. The van der Waals surface area contributed by atoms with Crippen LogP contribution in [0.4, 0.5) is 0 Å². The fourth-order valence-corrected chi connectivity index (χ4v) is 13.4. The van der Waals surface area contributed by atoms with Gasteiger partial charge in [-0.2, -0.15) is 0 Å². The Morgan fingerprint density at radius 3 is 2.21 bits per heavy atom. The van der Waals surface area contributed by atoms with E-state index in [-0.39, 0.29) is 0 Å². The zero-order valence-electron chi connectivity index (χ0n) is 8.59. The van der Waals surface area contributed by atoms with Crippen molar-refractivity contribution in [3.8, 4) is 0 Å². The molecule has 0 aliphatic heterocycles. The van der Waals surface area contributed by atoms with Gasteiger partial charge in [-0.1, -0.05) is 0 Å². The van der Waals surface area contributed by atoms with Crippen molar-refractivity contribution in [1.29, 1.82) is 0 Å². The summed E-state index contributed by atoms with van der Waals surface area (Å²) in [4.78, 5) is 0. The van der Waals surface area contributed by atoms with Gasteiger partial charge >= 0.3 is 112 Å². The molecule has 0 spiro atoms.